The van der Waals surface area contributed by atoms with E-state index in [1.807, 2.05) is 38.1 Å². The highest BCUT2D eigenvalue weighted by Crippen LogP contribution is 2.11. The zero-order chi connectivity index (χ0) is 15.1. The smallest absolute Gasteiger partial charge is 0.320 e. The summed E-state index contributed by atoms with van der Waals surface area (Å²) in [4.78, 5) is 15.7. The van der Waals surface area contributed by atoms with E-state index in [9.17, 15) is 4.79 Å². The second-order valence-electron chi connectivity index (χ2n) is 5.02. The lowest BCUT2D eigenvalue weighted by atomic mass is 10.2. The molecule has 1 aromatic carbocycles. The van der Waals surface area contributed by atoms with Gasteiger partial charge in [0, 0.05) is 12.6 Å². The molecule has 2 amide bonds. The van der Waals surface area contributed by atoms with Crippen LogP contribution in [0.3, 0.4) is 0 Å². The Balaban J connectivity index is 1.86. The lowest BCUT2D eigenvalue weighted by Crippen LogP contribution is -2.34. The Hall–Kier alpha value is -2.56. The molecule has 0 unspecified atom stereocenters. The molecule has 110 valence electrons. The Morgan fingerprint density at radius 1 is 1.14 bits per heavy atom. The zero-order valence-corrected chi connectivity index (χ0v) is 12.3. The number of carbonyl (C=O) groups excluding carboxylic acids is 1. The van der Waals surface area contributed by atoms with Crippen molar-refractivity contribution in [2.45, 2.75) is 26.4 Å². The fourth-order valence-corrected chi connectivity index (χ4v) is 1.79. The van der Waals surface area contributed by atoms with E-state index >= 15 is 0 Å². The van der Waals surface area contributed by atoms with E-state index in [4.69, 9.17) is 0 Å². The zero-order valence-electron chi connectivity index (χ0n) is 12.3. The highest BCUT2D eigenvalue weighted by molar-refractivity contribution is 5.88. The van der Waals surface area contributed by atoms with E-state index in [1.54, 1.807) is 12.3 Å². The molecule has 0 fully saturated rings. The van der Waals surface area contributed by atoms with E-state index in [0.29, 0.717) is 5.82 Å². The van der Waals surface area contributed by atoms with Crippen LogP contribution in [0.5, 0.6) is 0 Å². The monoisotopic (exact) mass is 284 g/mol. The molecule has 0 aliphatic rings. The number of hydrogen-bond acceptors (Lipinski definition) is 3. The first-order valence-electron chi connectivity index (χ1n) is 6.95. The molecule has 2 rings (SSSR count). The number of carbonyl (C=O) groups is 1. The molecule has 21 heavy (non-hydrogen) atoms. The molecule has 0 atom stereocenters. The summed E-state index contributed by atoms with van der Waals surface area (Å²) in [5, 5.41) is 8.72. The SMILES string of the molecule is CC(C)NC(=O)Nc1ccc(NCc2ccccc2)cn1. The van der Waals surface area contributed by atoms with Gasteiger partial charge in [-0.1, -0.05) is 30.3 Å². The molecule has 5 heteroatoms. The van der Waals surface area contributed by atoms with Crippen molar-refractivity contribution in [1.29, 1.82) is 0 Å². The minimum absolute atomic E-state index is 0.0943. The summed E-state index contributed by atoms with van der Waals surface area (Å²) in [6.07, 6.45) is 1.70. The van der Waals surface area contributed by atoms with Gasteiger partial charge in [-0.05, 0) is 31.5 Å². The van der Waals surface area contributed by atoms with Crippen molar-refractivity contribution in [3.8, 4) is 0 Å². The summed E-state index contributed by atoms with van der Waals surface area (Å²) in [5.41, 5.74) is 2.12. The van der Waals surface area contributed by atoms with Crippen molar-refractivity contribution >= 4 is 17.5 Å². The predicted molar refractivity (Wildman–Crippen MR) is 85.3 cm³/mol. The van der Waals surface area contributed by atoms with Crippen LogP contribution in [-0.4, -0.2) is 17.1 Å². The first-order valence-corrected chi connectivity index (χ1v) is 6.95. The normalized spacial score (nSPS) is 10.2. The number of urea groups is 1. The van der Waals surface area contributed by atoms with Crippen LogP contribution in [0.15, 0.2) is 48.7 Å². The van der Waals surface area contributed by atoms with Crippen LogP contribution in [-0.2, 0) is 6.54 Å². The van der Waals surface area contributed by atoms with E-state index in [0.717, 1.165) is 12.2 Å². The van der Waals surface area contributed by atoms with Crippen LogP contribution >= 0.6 is 0 Å². The highest BCUT2D eigenvalue weighted by Gasteiger charge is 2.04. The number of aromatic nitrogens is 1. The summed E-state index contributed by atoms with van der Waals surface area (Å²) in [6.45, 7) is 4.55. The van der Waals surface area contributed by atoms with Crippen LogP contribution in [0.4, 0.5) is 16.3 Å². The molecular weight excluding hydrogens is 264 g/mol. The van der Waals surface area contributed by atoms with Gasteiger partial charge >= 0.3 is 6.03 Å². The molecule has 0 bridgehead atoms. The summed E-state index contributed by atoms with van der Waals surface area (Å²) >= 11 is 0. The number of nitrogens with zero attached hydrogens (tertiary/aromatic N) is 1. The average molecular weight is 284 g/mol. The number of amides is 2. The number of anilines is 2. The summed E-state index contributed by atoms with van der Waals surface area (Å²) in [7, 11) is 0. The van der Waals surface area contributed by atoms with Crippen molar-refractivity contribution in [3.63, 3.8) is 0 Å². The number of nitrogens with one attached hydrogen (secondary N) is 3. The number of rotatable bonds is 5. The van der Waals surface area contributed by atoms with Crippen LogP contribution in [0.1, 0.15) is 19.4 Å². The van der Waals surface area contributed by atoms with Gasteiger partial charge < -0.3 is 10.6 Å². The number of benzene rings is 1. The third kappa shape index (κ3) is 5.14. The Morgan fingerprint density at radius 2 is 1.90 bits per heavy atom. The predicted octanol–water partition coefficient (Wildman–Crippen LogP) is 3.22. The molecule has 1 aromatic heterocycles. The largest absolute Gasteiger partial charge is 0.380 e. The molecule has 0 aliphatic carbocycles. The lowest BCUT2D eigenvalue weighted by Gasteiger charge is -2.10. The maximum absolute atomic E-state index is 11.5. The van der Waals surface area contributed by atoms with Gasteiger partial charge in [0.15, 0.2) is 0 Å². The Labute approximate surface area is 124 Å². The van der Waals surface area contributed by atoms with E-state index in [2.05, 4.69) is 33.1 Å². The quantitative estimate of drug-likeness (QED) is 0.789. The van der Waals surface area contributed by atoms with Crippen molar-refractivity contribution in [2.75, 3.05) is 10.6 Å². The van der Waals surface area contributed by atoms with Gasteiger partial charge in [0.1, 0.15) is 5.82 Å². The van der Waals surface area contributed by atoms with Gasteiger partial charge in [-0.25, -0.2) is 9.78 Å². The molecule has 3 N–H and O–H groups in total. The second kappa shape index (κ2) is 7.28. The van der Waals surface area contributed by atoms with Crippen molar-refractivity contribution in [3.05, 3.63) is 54.2 Å². The number of pyridine rings is 1. The summed E-state index contributed by atoms with van der Waals surface area (Å²) < 4.78 is 0. The van der Waals surface area contributed by atoms with Crippen molar-refractivity contribution in [1.82, 2.24) is 10.3 Å². The van der Waals surface area contributed by atoms with Gasteiger partial charge in [0.2, 0.25) is 0 Å². The first-order chi connectivity index (χ1) is 10.1. The second-order valence-corrected chi connectivity index (χ2v) is 5.02. The molecule has 0 spiro atoms. The topological polar surface area (TPSA) is 66.1 Å². The Morgan fingerprint density at radius 3 is 2.52 bits per heavy atom. The average Bonchev–Trinajstić information content (AvgIpc) is 2.47. The van der Waals surface area contributed by atoms with E-state index in [1.165, 1.54) is 5.56 Å². The molecular formula is C16H20N4O. The molecule has 0 radical (unpaired) electrons. The maximum Gasteiger partial charge on any atom is 0.320 e. The minimum atomic E-state index is -0.248. The van der Waals surface area contributed by atoms with Crippen LogP contribution in [0.25, 0.3) is 0 Å². The fraction of sp³-hybridized carbons (Fsp3) is 0.250. The van der Waals surface area contributed by atoms with Gasteiger partial charge in [0.05, 0.1) is 11.9 Å². The highest BCUT2D eigenvalue weighted by atomic mass is 16.2. The molecule has 5 nitrogen and oxygen atoms in total. The molecule has 0 saturated heterocycles. The van der Waals surface area contributed by atoms with Gasteiger partial charge in [0.25, 0.3) is 0 Å². The Kier molecular flexibility index (Phi) is 5.15. The van der Waals surface area contributed by atoms with Gasteiger partial charge in [-0.3, -0.25) is 5.32 Å². The van der Waals surface area contributed by atoms with Crippen LogP contribution < -0.4 is 16.0 Å². The van der Waals surface area contributed by atoms with Crippen LogP contribution in [0.2, 0.25) is 0 Å². The van der Waals surface area contributed by atoms with Crippen molar-refractivity contribution in [2.24, 2.45) is 0 Å². The van der Waals surface area contributed by atoms with E-state index < -0.39 is 0 Å². The molecule has 1 heterocycles. The van der Waals surface area contributed by atoms with Crippen molar-refractivity contribution < 1.29 is 4.79 Å². The third-order valence-electron chi connectivity index (χ3n) is 2.76. The lowest BCUT2D eigenvalue weighted by molar-refractivity contribution is 0.250. The summed E-state index contributed by atoms with van der Waals surface area (Å²) in [5.74, 6) is 0.526. The molecule has 2 aromatic rings. The molecule has 0 saturated carbocycles. The summed E-state index contributed by atoms with van der Waals surface area (Å²) in [6, 6.07) is 13.6. The standard InChI is InChI=1S/C16H20N4O/c1-12(2)19-16(21)20-15-9-8-14(11-18-15)17-10-13-6-4-3-5-7-13/h3-9,11-12,17H,10H2,1-2H3,(H2,18,19,20,21). The third-order valence-corrected chi connectivity index (χ3v) is 2.76. The number of hydrogen-bond donors (Lipinski definition) is 3. The minimum Gasteiger partial charge on any atom is -0.380 e. The van der Waals surface area contributed by atoms with Gasteiger partial charge in [-0.2, -0.15) is 0 Å². The molecule has 0 aliphatic heterocycles. The van der Waals surface area contributed by atoms with Gasteiger partial charge in [-0.15, -0.1) is 0 Å². The van der Waals surface area contributed by atoms with Crippen LogP contribution in [0, 0.1) is 0 Å². The maximum atomic E-state index is 11.5. The first kappa shape index (κ1) is 14.8. The Bertz CT molecular complexity index is 567. The fourth-order valence-electron chi connectivity index (χ4n) is 1.79. The van der Waals surface area contributed by atoms with E-state index in [-0.39, 0.29) is 12.1 Å².